The zero-order valence-corrected chi connectivity index (χ0v) is 32.7. The summed E-state index contributed by atoms with van der Waals surface area (Å²) >= 11 is 13.5. The average Bonchev–Trinajstić information content (AvgIpc) is 3.72. The Balaban J connectivity index is 0.00000257. The normalized spacial score (nSPS) is 11.8. The molecule has 1 atom stereocenters. The first-order valence-electron chi connectivity index (χ1n) is 17.1. The molecule has 1 N–H and O–H groups in total. The summed E-state index contributed by atoms with van der Waals surface area (Å²) in [6.45, 7) is 11.1. The fourth-order valence-corrected chi connectivity index (χ4v) is 7.77. The molecule has 0 bridgehead atoms. The van der Waals surface area contributed by atoms with Gasteiger partial charge >= 0.3 is 0 Å². The minimum absolute atomic E-state index is 0.186. The lowest BCUT2D eigenvalue weighted by molar-refractivity contribution is 0.110. The highest BCUT2D eigenvalue weighted by Gasteiger charge is 2.28. The van der Waals surface area contributed by atoms with Gasteiger partial charge in [-0.3, -0.25) is 19.0 Å². The highest BCUT2D eigenvalue weighted by molar-refractivity contribution is 6.35. The van der Waals surface area contributed by atoms with E-state index < -0.39 is 0 Å². The van der Waals surface area contributed by atoms with Crippen LogP contribution in [0.2, 0.25) is 10.0 Å². The fourth-order valence-electron chi connectivity index (χ4n) is 7.42. The van der Waals surface area contributed by atoms with Crippen molar-refractivity contribution in [3.05, 3.63) is 92.0 Å². The number of anilines is 1. The second-order valence-electron chi connectivity index (χ2n) is 13.2. The molecule has 0 saturated carbocycles. The molecule has 0 fully saturated rings. The molecule has 0 aliphatic carbocycles. The maximum Gasteiger partial charge on any atom is 0.171 e. The minimum atomic E-state index is -0.186. The molecule has 0 unspecified atom stereocenters. The van der Waals surface area contributed by atoms with Gasteiger partial charge in [-0.1, -0.05) is 35.3 Å². The monoisotopic (exact) mass is 744 g/mol. The Kier molecular flexibility index (Phi) is 11.8. The number of aryl methyl sites for hydroxylation is 6. The Morgan fingerprint density at radius 3 is 2.25 bits per heavy atom. The van der Waals surface area contributed by atoms with E-state index in [1.807, 2.05) is 96.0 Å². The summed E-state index contributed by atoms with van der Waals surface area (Å²) in [5, 5.41) is 19.2. The number of aromatic nitrogens is 5. The molecule has 3 aromatic heterocycles. The van der Waals surface area contributed by atoms with Crippen molar-refractivity contribution in [1.82, 2.24) is 24.1 Å². The average molecular weight is 746 g/mol. The fraction of sp³-hybridized carbons (Fsp3) is 0.350. The van der Waals surface area contributed by atoms with E-state index >= 15 is 0 Å². The molecular weight excluding hydrogens is 699 g/mol. The van der Waals surface area contributed by atoms with E-state index in [-0.39, 0.29) is 6.04 Å². The molecule has 12 heteroatoms. The first-order valence-corrected chi connectivity index (χ1v) is 17.9. The Morgan fingerprint density at radius 2 is 1.63 bits per heavy atom. The van der Waals surface area contributed by atoms with Gasteiger partial charge in [-0.2, -0.15) is 10.2 Å². The summed E-state index contributed by atoms with van der Waals surface area (Å²) in [6.07, 6.45) is 3.07. The molecule has 0 spiro atoms. The topological polar surface area (TPSA) is 107 Å². The van der Waals surface area contributed by atoms with Crippen molar-refractivity contribution < 1.29 is 19.4 Å². The molecule has 3 heterocycles. The Bertz CT molecular complexity index is 2260. The smallest absolute Gasteiger partial charge is 0.171 e. The van der Waals surface area contributed by atoms with Crippen LogP contribution in [0, 0.1) is 27.7 Å². The summed E-state index contributed by atoms with van der Waals surface area (Å²) in [6, 6.07) is 13.6. The Hall–Kier alpha value is -4.64. The molecule has 6 aromatic rings. The predicted molar refractivity (Wildman–Crippen MR) is 211 cm³/mol. The highest BCUT2D eigenvalue weighted by Crippen LogP contribution is 2.43. The summed E-state index contributed by atoms with van der Waals surface area (Å²) in [4.78, 5) is 27.3. The predicted octanol–water partition coefficient (Wildman–Crippen LogP) is 8.41. The van der Waals surface area contributed by atoms with E-state index in [1.54, 1.807) is 4.68 Å². The van der Waals surface area contributed by atoms with E-state index in [9.17, 15) is 9.59 Å². The Labute approximate surface area is 314 Å². The van der Waals surface area contributed by atoms with Gasteiger partial charge < -0.3 is 19.3 Å². The number of likely N-dealkylation sites (N-methyl/N-ethyl adjacent to an activating group) is 1. The van der Waals surface area contributed by atoms with Crippen LogP contribution in [0.5, 0.6) is 5.75 Å². The van der Waals surface area contributed by atoms with Gasteiger partial charge in [0.2, 0.25) is 0 Å². The van der Waals surface area contributed by atoms with E-state index in [0.29, 0.717) is 42.4 Å². The number of hydrogen-bond acceptors (Lipinski definition) is 7. The number of aliphatic hydroxyl groups is 1. The third-order valence-corrected chi connectivity index (χ3v) is 10.7. The van der Waals surface area contributed by atoms with Gasteiger partial charge in [0.25, 0.3) is 0 Å². The number of carbonyl (C=O) groups is 2. The standard InChI is InChI=1S/C39H42Cl2N6O3.CH4O/c1-22-17-27(18-23(2)38(22)41)50-16-10-11-28-29-14-15-30(40)36(35-25(4)42-45(7)26(35)5)39(29)47(34(28)21-49)24(3)19-44(6)32-12-9-13-33-37(32)31(20-48)43-46(33)8;1-2/h9,12-15,17-18,20-21,24H,10-11,16,19H2,1-8H3;2H,1H3/t24-;/m1./s1. The molecule has 0 saturated heterocycles. The first kappa shape index (κ1) is 38.6. The number of aldehydes is 2. The summed E-state index contributed by atoms with van der Waals surface area (Å²) in [7, 11) is 6.76. The molecule has 0 amide bonds. The van der Waals surface area contributed by atoms with E-state index in [1.165, 1.54) is 0 Å². The van der Waals surface area contributed by atoms with Crippen molar-refractivity contribution in [3.63, 3.8) is 0 Å². The molecule has 6 rings (SSSR count). The SMILES string of the molecule is CO.Cc1cc(OCCCc2c(C=O)n([C@H](C)CN(C)c3cccc4c3c(C=O)nn4C)c3c(-c4c(C)nn(C)c4C)c(Cl)ccc23)cc(C)c1Cl. The quantitative estimate of drug-likeness (QED) is 0.0991. The first-order chi connectivity index (χ1) is 24.9. The van der Waals surface area contributed by atoms with Crippen molar-refractivity contribution >= 4 is 63.3 Å². The van der Waals surface area contributed by atoms with E-state index in [2.05, 4.69) is 21.5 Å². The Morgan fingerprint density at radius 1 is 0.942 bits per heavy atom. The second kappa shape index (κ2) is 15.9. The van der Waals surface area contributed by atoms with E-state index in [0.717, 1.165) is 97.2 Å². The minimum Gasteiger partial charge on any atom is -0.494 e. The highest BCUT2D eigenvalue weighted by atomic mass is 35.5. The summed E-state index contributed by atoms with van der Waals surface area (Å²) in [5.74, 6) is 0.775. The van der Waals surface area contributed by atoms with Crippen LogP contribution in [0.3, 0.4) is 0 Å². The van der Waals surface area contributed by atoms with Gasteiger partial charge in [0.05, 0.1) is 39.4 Å². The van der Waals surface area contributed by atoms with Crippen molar-refractivity contribution in [2.75, 3.05) is 32.2 Å². The summed E-state index contributed by atoms with van der Waals surface area (Å²) in [5.41, 5.74) is 10.2. The van der Waals surface area contributed by atoms with Gasteiger partial charge in [-0.05, 0) is 94.5 Å². The maximum atomic E-state index is 13.2. The van der Waals surface area contributed by atoms with Gasteiger partial charge in [-0.15, -0.1) is 0 Å². The lowest BCUT2D eigenvalue weighted by Crippen LogP contribution is -2.27. The largest absolute Gasteiger partial charge is 0.494 e. The number of hydrogen-bond donors (Lipinski definition) is 1. The van der Waals surface area contributed by atoms with Crippen LogP contribution in [-0.4, -0.2) is 69.1 Å². The number of fused-ring (bicyclic) bond motifs is 2. The molecule has 52 heavy (non-hydrogen) atoms. The molecular formula is C40H46Cl2N6O4. The molecule has 274 valence electrons. The van der Waals surface area contributed by atoms with Crippen molar-refractivity contribution in [3.8, 4) is 16.9 Å². The number of rotatable bonds is 12. The van der Waals surface area contributed by atoms with Crippen LogP contribution in [0.15, 0.2) is 42.5 Å². The van der Waals surface area contributed by atoms with Crippen LogP contribution < -0.4 is 9.64 Å². The molecule has 10 nitrogen and oxygen atoms in total. The molecule has 0 aliphatic rings. The van der Waals surface area contributed by atoms with E-state index in [4.69, 9.17) is 38.1 Å². The van der Waals surface area contributed by atoms with Crippen molar-refractivity contribution in [1.29, 1.82) is 0 Å². The number of aliphatic hydroxyl groups excluding tert-OH is 1. The third kappa shape index (κ3) is 6.95. The van der Waals surface area contributed by atoms with Gasteiger partial charge in [0.1, 0.15) is 11.4 Å². The van der Waals surface area contributed by atoms with Crippen molar-refractivity contribution in [2.45, 2.75) is 53.5 Å². The number of benzene rings is 3. The number of halogens is 2. The van der Waals surface area contributed by atoms with Crippen LogP contribution >= 0.6 is 23.2 Å². The zero-order valence-electron chi connectivity index (χ0n) is 31.2. The lowest BCUT2D eigenvalue weighted by Gasteiger charge is -2.27. The van der Waals surface area contributed by atoms with Crippen LogP contribution in [0.25, 0.3) is 32.9 Å². The molecule has 0 radical (unpaired) electrons. The number of nitrogens with zero attached hydrogens (tertiary/aromatic N) is 6. The second-order valence-corrected chi connectivity index (χ2v) is 14.0. The molecule has 3 aromatic carbocycles. The van der Waals surface area contributed by atoms with Crippen LogP contribution in [0.4, 0.5) is 5.69 Å². The summed E-state index contributed by atoms with van der Waals surface area (Å²) < 4.78 is 11.9. The van der Waals surface area contributed by atoms with Gasteiger partial charge in [0, 0.05) is 73.8 Å². The van der Waals surface area contributed by atoms with Crippen LogP contribution in [-0.2, 0) is 20.5 Å². The van der Waals surface area contributed by atoms with Gasteiger partial charge in [0.15, 0.2) is 12.6 Å². The maximum absolute atomic E-state index is 13.2. The number of ether oxygens (including phenoxy) is 1. The lowest BCUT2D eigenvalue weighted by atomic mass is 9.98. The van der Waals surface area contributed by atoms with Gasteiger partial charge in [-0.25, -0.2) is 0 Å². The third-order valence-electron chi connectivity index (χ3n) is 9.77. The molecule has 0 aliphatic heterocycles. The van der Waals surface area contributed by atoms with Crippen molar-refractivity contribution in [2.24, 2.45) is 14.1 Å². The number of carbonyl (C=O) groups excluding carboxylic acids is 2. The van der Waals surface area contributed by atoms with Crippen LogP contribution in [0.1, 0.15) is 68.4 Å². The zero-order chi connectivity index (χ0) is 38.0.